The number of hydrogen-bond acceptors (Lipinski definition) is 1. The van der Waals surface area contributed by atoms with Crippen LogP contribution in [0.3, 0.4) is 0 Å². The molecule has 2 nitrogen and oxygen atoms in total. The first-order valence-electron chi connectivity index (χ1n) is 6.23. The van der Waals surface area contributed by atoms with E-state index < -0.39 is 0 Å². The quantitative estimate of drug-likeness (QED) is 0.576. The van der Waals surface area contributed by atoms with Crippen molar-refractivity contribution in [3.8, 4) is 0 Å². The molecule has 0 aromatic heterocycles. The lowest BCUT2D eigenvalue weighted by atomic mass is 9.80. The van der Waals surface area contributed by atoms with E-state index in [2.05, 4.69) is 19.9 Å². The van der Waals surface area contributed by atoms with Gasteiger partial charge in [-0.2, -0.15) is 0 Å². The van der Waals surface area contributed by atoms with Gasteiger partial charge in [-0.25, -0.2) is 0 Å². The molecule has 1 aliphatic carbocycles. The molecule has 0 bridgehead atoms. The first-order valence-corrected chi connectivity index (χ1v) is 6.23. The summed E-state index contributed by atoms with van der Waals surface area (Å²) in [5.74, 6) is 0.153. The van der Waals surface area contributed by atoms with E-state index in [1.807, 2.05) is 6.92 Å². The maximum absolute atomic E-state index is 11.1. The number of rotatable bonds is 3. The number of hydrogen-bond donors (Lipinski definition) is 1. The molecule has 1 rings (SSSR count). The maximum atomic E-state index is 11.1. The molecule has 0 spiro atoms. The fourth-order valence-electron chi connectivity index (χ4n) is 2.36. The zero-order valence-electron chi connectivity index (χ0n) is 10.7. The van der Waals surface area contributed by atoms with Gasteiger partial charge in [0.15, 0.2) is 0 Å². The van der Waals surface area contributed by atoms with E-state index in [1.165, 1.54) is 30.4 Å². The van der Waals surface area contributed by atoms with Crippen LogP contribution in [0, 0.1) is 5.92 Å². The van der Waals surface area contributed by atoms with Crippen LogP contribution in [0.2, 0.25) is 0 Å². The lowest BCUT2D eigenvalue weighted by molar-refractivity contribution is -0.114. The topological polar surface area (TPSA) is 43.1 Å². The van der Waals surface area contributed by atoms with Gasteiger partial charge >= 0.3 is 0 Å². The number of amides is 1. The molecule has 0 radical (unpaired) electrons. The van der Waals surface area contributed by atoms with Crippen LogP contribution in [0.1, 0.15) is 52.9 Å². The zero-order valence-corrected chi connectivity index (χ0v) is 10.7. The SMILES string of the molecule is CC/C(C)=C1\CCCCC1/C=C(\C)C(N)=O. The Balaban J connectivity index is 2.92. The van der Waals surface area contributed by atoms with Crippen LogP contribution in [-0.2, 0) is 4.79 Å². The van der Waals surface area contributed by atoms with Crippen LogP contribution >= 0.6 is 0 Å². The van der Waals surface area contributed by atoms with E-state index in [-0.39, 0.29) is 5.91 Å². The standard InChI is InChI=1S/C14H23NO/c1-4-10(2)13-8-6-5-7-12(13)9-11(3)14(15)16/h9,12H,4-8H2,1-3H3,(H2,15,16)/b11-9+,13-10+. The molecule has 1 amide bonds. The predicted molar refractivity (Wildman–Crippen MR) is 67.9 cm³/mol. The van der Waals surface area contributed by atoms with Crippen molar-refractivity contribution >= 4 is 5.91 Å². The van der Waals surface area contributed by atoms with Gasteiger partial charge < -0.3 is 5.73 Å². The molecule has 1 saturated carbocycles. The minimum atomic E-state index is -0.293. The van der Waals surface area contributed by atoms with E-state index in [0.29, 0.717) is 11.5 Å². The van der Waals surface area contributed by atoms with Crippen molar-refractivity contribution in [2.45, 2.75) is 52.9 Å². The fourth-order valence-corrected chi connectivity index (χ4v) is 2.36. The molecule has 1 atom stereocenters. The molecule has 1 unspecified atom stereocenters. The second-order valence-corrected chi connectivity index (χ2v) is 4.73. The fraction of sp³-hybridized carbons (Fsp3) is 0.643. The molecule has 0 aromatic carbocycles. The maximum Gasteiger partial charge on any atom is 0.244 e. The van der Waals surface area contributed by atoms with Gasteiger partial charge in [-0.1, -0.05) is 30.6 Å². The monoisotopic (exact) mass is 221 g/mol. The molecule has 1 fully saturated rings. The van der Waals surface area contributed by atoms with Crippen molar-refractivity contribution in [1.29, 1.82) is 0 Å². The third kappa shape index (κ3) is 3.22. The lowest BCUT2D eigenvalue weighted by Gasteiger charge is -2.25. The van der Waals surface area contributed by atoms with Gasteiger partial charge in [0, 0.05) is 5.57 Å². The number of carbonyl (C=O) groups is 1. The van der Waals surface area contributed by atoms with E-state index in [9.17, 15) is 4.79 Å². The van der Waals surface area contributed by atoms with Gasteiger partial charge in [-0.15, -0.1) is 0 Å². The smallest absolute Gasteiger partial charge is 0.244 e. The summed E-state index contributed by atoms with van der Waals surface area (Å²) in [6.45, 7) is 6.22. The van der Waals surface area contributed by atoms with Crippen LogP contribution in [0.15, 0.2) is 22.8 Å². The second-order valence-electron chi connectivity index (χ2n) is 4.73. The molecular formula is C14H23NO. The summed E-state index contributed by atoms with van der Waals surface area (Å²) in [6, 6.07) is 0. The third-order valence-corrected chi connectivity index (χ3v) is 3.58. The summed E-state index contributed by atoms with van der Waals surface area (Å²) in [5.41, 5.74) is 9.01. The highest BCUT2D eigenvalue weighted by Crippen LogP contribution is 2.34. The number of allylic oxidation sites excluding steroid dienone is 3. The Labute approximate surface area is 98.6 Å². The van der Waals surface area contributed by atoms with Crippen LogP contribution in [-0.4, -0.2) is 5.91 Å². The van der Waals surface area contributed by atoms with Crippen molar-refractivity contribution in [2.75, 3.05) is 0 Å². The van der Waals surface area contributed by atoms with E-state index >= 15 is 0 Å². The van der Waals surface area contributed by atoms with Crippen LogP contribution in [0.5, 0.6) is 0 Å². The van der Waals surface area contributed by atoms with Gasteiger partial charge in [0.1, 0.15) is 0 Å². The van der Waals surface area contributed by atoms with Crippen LogP contribution in [0.4, 0.5) is 0 Å². The predicted octanol–water partition coefficient (Wildman–Crippen LogP) is 3.33. The summed E-state index contributed by atoms with van der Waals surface area (Å²) >= 11 is 0. The number of carbonyl (C=O) groups excluding carboxylic acids is 1. The summed E-state index contributed by atoms with van der Waals surface area (Å²) in [4.78, 5) is 11.1. The molecule has 90 valence electrons. The summed E-state index contributed by atoms with van der Waals surface area (Å²) < 4.78 is 0. The minimum absolute atomic E-state index is 0.293. The normalized spacial score (nSPS) is 25.4. The average Bonchev–Trinajstić information content (AvgIpc) is 2.28. The third-order valence-electron chi connectivity index (χ3n) is 3.58. The first kappa shape index (κ1) is 13.0. The van der Waals surface area contributed by atoms with Crippen molar-refractivity contribution < 1.29 is 4.79 Å². The van der Waals surface area contributed by atoms with Gasteiger partial charge in [0.25, 0.3) is 0 Å². The molecular weight excluding hydrogens is 198 g/mol. The van der Waals surface area contributed by atoms with E-state index in [1.54, 1.807) is 0 Å². The Bertz CT molecular complexity index is 326. The van der Waals surface area contributed by atoms with Gasteiger partial charge in [-0.3, -0.25) is 4.79 Å². The van der Waals surface area contributed by atoms with Crippen molar-refractivity contribution in [3.63, 3.8) is 0 Å². The molecule has 1 aliphatic rings. The number of primary amides is 1. The first-order chi connectivity index (χ1) is 7.56. The largest absolute Gasteiger partial charge is 0.366 e. The molecule has 0 heterocycles. The lowest BCUT2D eigenvalue weighted by Crippen LogP contribution is -2.15. The molecule has 2 N–H and O–H groups in total. The molecule has 0 saturated heterocycles. The Morgan fingerprint density at radius 1 is 1.44 bits per heavy atom. The Morgan fingerprint density at radius 3 is 2.69 bits per heavy atom. The van der Waals surface area contributed by atoms with Crippen molar-refractivity contribution in [3.05, 3.63) is 22.8 Å². The highest BCUT2D eigenvalue weighted by atomic mass is 16.1. The Hall–Kier alpha value is -1.05. The molecule has 16 heavy (non-hydrogen) atoms. The van der Waals surface area contributed by atoms with Gasteiger partial charge in [0.2, 0.25) is 5.91 Å². The Morgan fingerprint density at radius 2 is 2.12 bits per heavy atom. The van der Waals surface area contributed by atoms with E-state index in [0.717, 1.165) is 12.8 Å². The van der Waals surface area contributed by atoms with Crippen molar-refractivity contribution in [1.82, 2.24) is 0 Å². The summed E-state index contributed by atoms with van der Waals surface area (Å²) in [6.07, 6.45) is 8.07. The number of nitrogens with two attached hydrogens (primary N) is 1. The molecule has 0 aliphatic heterocycles. The Kier molecular flexibility index (Phi) is 4.78. The van der Waals surface area contributed by atoms with Crippen LogP contribution in [0.25, 0.3) is 0 Å². The van der Waals surface area contributed by atoms with Gasteiger partial charge in [-0.05, 0) is 45.4 Å². The van der Waals surface area contributed by atoms with Crippen LogP contribution < -0.4 is 5.73 Å². The van der Waals surface area contributed by atoms with Crippen molar-refractivity contribution in [2.24, 2.45) is 11.7 Å². The van der Waals surface area contributed by atoms with Gasteiger partial charge in [0.05, 0.1) is 0 Å². The molecule has 2 heteroatoms. The highest BCUT2D eigenvalue weighted by Gasteiger charge is 2.19. The summed E-state index contributed by atoms with van der Waals surface area (Å²) in [7, 11) is 0. The highest BCUT2D eigenvalue weighted by molar-refractivity contribution is 5.91. The minimum Gasteiger partial charge on any atom is -0.366 e. The second kappa shape index (κ2) is 5.88. The van der Waals surface area contributed by atoms with E-state index in [4.69, 9.17) is 5.73 Å². The molecule has 0 aromatic rings. The summed E-state index contributed by atoms with van der Waals surface area (Å²) in [5, 5.41) is 0. The zero-order chi connectivity index (χ0) is 12.1. The average molecular weight is 221 g/mol.